The maximum Gasteiger partial charge on any atom is 0.257 e. The van der Waals surface area contributed by atoms with Crippen LogP contribution in [0, 0.1) is 6.92 Å². The second-order valence-electron chi connectivity index (χ2n) is 4.14. The number of amides is 1. The first-order valence-electron chi connectivity index (χ1n) is 5.86. The molecule has 1 aromatic rings. The van der Waals surface area contributed by atoms with Crippen molar-refractivity contribution in [2.75, 3.05) is 19.4 Å². The van der Waals surface area contributed by atoms with E-state index in [1.807, 2.05) is 13.0 Å². The summed E-state index contributed by atoms with van der Waals surface area (Å²) in [6, 6.07) is 5.39. The molecule has 1 aromatic carbocycles. The lowest BCUT2D eigenvalue weighted by molar-refractivity contribution is -0.125. The molecule has 0 saturated heterocycles. The summed E-state index contributed by atoms with van der Waals surface area (Å²) in [6.07, 6.45) is 1.59. The minimum atomic E-state index is -0.295. The molecular weight excluding hydrogens is 244 g/mol. The van der Waals surface area contributed by atoms with Crippen molar-refractivity contribution in [2.24, 2.45) is 0 Å². The number of nitrogens with one attached hydrogen (secondary N) is 1. The number of carbonyl (C=O) groups excluding carboxylic acids is 2. The van der Waals surface area contributed by atoms with Crippen LogP contribution >= 0.6 is 0 Å². The molecule has 0 aromatic heterocycles. The third-order valence-corrected chi connectivity index (χ3v) is 2.57. The van der Waals surface area contributed by atoms with E-state index in [0.717, 1.165) is 11.1 Å². The molecule has 0 unspecified atom stereocenters. The summed E-state index contributed by atoms with van der Waals surface area (Å²) >= 11 is 0. The molecule has 0 radical (unpaired) electrons. The van der Waals surface area contributed by atoms with Crippen molar-refractivity contribution >= 4 is 23.5 Å². The van der Waals surface area contributed by atoms with Crippen molar-refractivity contribution in [3.05, 3.63) is 35.1 Å². The molecule has 0 spiro atoms. The van der Waals surface area contributed by atoms with E-state index in [9.17, 15) is 9.59 Å². The number of ketones is 1. The highest BCUT2D eigenvalue weighted by Crippen LogP contribution is 2.17. The zero-order chi connectivity index (χ0) is 14.4. The van der Waals surface area contributed by atoms with Crippen LogP contribution in [0.15, 0.2) is 24.0 Å². The van der Waals surface area contributed by atoms with Gasteiger partial charge in [0.2, 0.25) is 0 Å². The lowest BCUT2D eigenvalue weighted by Gasteiger charge is -2.08. The van der Waals surface area contributed by atoms with Gasteiger partial charge in [-0.25, -0.2) is 0 Å². The van der Waals surface area contributed by atoms with Crippen LogP contribution in [0.25, 0.3) is 6.08 Å². The fraction of sp³-hybridized carbons (Fsp3) is 0.286. The van der Waals surface area contributed by atoms with Gasteiger partial charge >= 0.3 is 0 Å². The van der Waals surface area contributed by atoms with Gasteiger partial charge in [0.25, 0.3) is 5.91 Å². The SMILES string of the molecule is CNC(=O)CO/C(=C/c1cc(N)ccc1C)C(C)=O. The summed E-state index contributed by atoms with van der Waals surface area (Å²) < 4.78 is 5.21. The van der Waals surface area contributed by atoms with Crippen molar-refractivity contribution in [1.82, 2.24) is 5.32 Å². The van der Waals surface area contributed by atoms with Gasteiger partial charge in [-0.3, -0.25) is 9.59 Å². The van der Waals surface area contributed by atoms with Crippen molar-refractivity contribution in [1.29, 1.82) is 0 Å². The highest BCUT2D eigenvalue weighted by atomic mass is 16.5. The third-order valence-electron chi connectivity index (χ3n) is 2.57. The van der Waals surface area contributed by atoms with Crippen molar-refractivity contribution in [3.8, 4) is 0 Å². The monoisotopic (exact) mass is 262 g/mol. The Labute approximate surface area is 112 Å². The first-order chi connectivity index (χ1) is 8.93. The van der Waals surface area contributed by atoms with E-state index in [4.69, 9.17) is 10.5 Å². The minimum absolute atomic E-state index is 0.136. The van der Waals surface area contributed by atoms with Gasteiger partial charge in [0, 0.05) is 19.7 Å². The zero-order valence-corrected chi connectivity index (χ0v) is 11.3. The number of carbonyl (C=O) groups is 2. The highest BCUT2D eigenvalue weighted by molar-refractivity contribution is 5.96. The summed E-state index contributed by atoms with van der Waals surface area (Å²) in [6.45, 7) is 3.10. The molecule has 0 atom stereocenters. The molecule has 0 aliphatic rings. The number of Topliss-reactive ketones (excluding diaryl/α,β-unsaturated/α-hetero) is 1. The summed E-state index contributed by atoms with van der Waals surface area (Å²) in [5.74, 6) is -0.403. The van der Waals surface area contributed by atoms with Gasteiger partial charge in [0.15, 0.2) is 18.1 Å². The van der Waals surface area contributed by atoms with Crippen LogP contribution in [0.3, 0.4) is 0 Å². The summed E-state index contributed by atoms with van der Waals surface area (Å²) in [7, 11) is 1.50. The molecule has 0 bridgehead atoms. The Bertz CT molecular complexity index is 521. The van der Waals surface area contributed by atoms with Crippen LogP contribution in [-0.2, 0) is 14.3 Å². The van der Waals surface area contributed by atoms with Gasteiger partial charge in [-0.2, -0.15) is 0 Å². The molecule has 3 N–H and O–H groups in total. The molecule has 5 nitrogen and oxygen atoms in total. The normalized spacial score (nSPS) is 11.0. The highest BCUT2D eigenvalue weighted by Gasteiger charge is 2.09. The van der Waals surface area contributed by atoms with E-state index in [1.54, 1.807) is 18.2 Å². The van der Waals surface area contributed by atoms with E-state index < -0.39 is 0 Å². The quantitative estimate of drug-likeness (QED) is 0.475. The number of rotatable bonds is 5. The number of likely N-dealkylation sites (N-methyl/N-ethyl adjacent to an activating group) is 1. The molecule has 5 heteroatoms. The Morgan fingerprint density at radius 2 is 2.11 bits per heavy atom. The number of nitrogens with two attached hydrogens (primary N) is 1. The molecular formula is C14H18N2O3. The maximum absolute atomic E-state index is 11.5. The lowest BCUT2D eigenvalue weighted by atomic mass is 10.1. The molecule has 0 aliphatic carbocycles. The standard InChI is InChI=1S/C14H18N2O3/c1-9-4-5-12(15)6-11(9)7-13(10(2)17)19-8-14(18)16-3/h4-7H,8,15H2,1-3H3,(H,16,18)/b13-7+. The van der Waals surface area contributed by atoms with Gasteiger partial charge in [-0.1, -0.05) is 6.07 Å². The van der Waals surface area contributed by atoms with Crippen LogP contribution in [0.2, 0.25) is 0 Å². The fourth-order valence-corrected chi connectivity index (χ4v) is 1.42. The van der Waals surface area contributed by atoms with Gasteiger partial charge in [0.05, 0.1) is 0 Å². The Morgan fingerprint density at radius 3 is 2.68 bits per heavy atom. The summed E-state index contributed by atoms with van der Waals surface area (Å²) in [5, 5.41) is 2.42. The molecule has 19 heavy (non-hydrogen) atoms. The second-order valence-corrected chi connectivity index (χ2v) is 4.14. The van der Waals surface area contributed by atoms with Crippen molar-refractivity contribution in [2.45, 2.75) is 13.8 Å². The molecule has 1 rings (SSSR count). The fourth-order valence-electron chi connectivity index (χ4n) is 1.42. The summed E-state index contributed by atoms with van der Waals surface area (Å²) in [4.78, 5) is 22.6. The molecule has 102 valence electrons. The summed E-state index contributed by atoms with van der Waals surface area (Å²) in [5.41, 5.74) is 8.07. The van der Waals surface area contributed by atoms with E-state index >= 15 is 0 Å². The molecule has 0 fully saturated rings. The smallest absolute Gasteiger partial charge is 0.257 e. The number of nitrogen functional groups attached to an aromatic ring is 1. The van der Waals surface area contributed by atoms with E-state index in [2.05, 4.69) is 5.32 Å². The van der Waals surface area contributed by atoms with Gasteiger partial charge in [0.1, 0.15) is 0 Å². The van der Waals surface area contributed by atoms with Gasteiger partial charge in [-0.15, -0.1) is 0 Å². The first kappa shape index (κ1) is 14.8. The Kier molecular flexibility index (Phi) is 5.11. The van der Waals surface area contributed by atoms with Crippen LogP contribution < -0.4 is 11.1 Å². The molecule has 0 saturated carbocycles. The largest absolute Gasteiger partial charge is 0.480 e. The van der Waals surface area contributed by atoms with Crippen molar-refractivity contribution in [3.63, 3.8) is 0 Å². The number of hydrogen-bond acceptors (Lipinski definition) is 4. The number of allylic oxidation sites excluding steroid dienone is 1. The number of benzene rings is 1. The Balaban J connectivity index is 2.97. The molecule has 1 amide bonds. The second kappa shape index (κ2) is 6.58. The van der Waals surface area contributed by atoms with Crippen LogP contribution in [0.5, 0.6) is 0 Å². The van der Waals surface area contributed by atoms with Crippen LogP contribution in [-0.4, -0.2) is 25.3 Å². The van der Waals surface area contributed by atoms with E-state index in [1.165, 1.54) is 14.0 Å². The van der Waals surface area contributed by atoms with Crippen LogP contribution in [0.4, 0.5) is 5.69 Å². The topological polar surface area (TPSA) is 81.4 Å². The van der Waals surface area contributed by atoms with Gasteiger partial charge in [-0.05, 0) is 36.3 Å². The first-order valence-corrected chi connectivity index (χ1v) is 5.86. The predicted molar refractivity (Wildman–Crippen MR) is 74.3 cm³/mol. The number of anilines is 1. The predicted octanol–water partition coefficient (Wildman–Crippen LogP) is 1.27. The number of aryl methyl sites for hydroxylation is 1. The molecule has 0 heterocycles. The number of hydrogen-bond donors (Lipinski definition) is 2. The zero-order valence-electron chi connectivity index (χ0n) is 11.3. The maximum atomic E-state index is 11.5. The Hall–Kier alpha value is -2.30. The average Bonchev–Trinajstić information content (AvgIpc) is 2.37. The van der Waals surface area contributed by atoms with E-state index in [0.29, 0.717) is 5.69 Å². The van der Waals surface area contributed by atoms with Gasteiger partial charge < -0.3 is 15.8 Å². The molecule has 0 aliphatic heterocycles. The average molecular weight is 262 g/mol. The van der Waals surface area contributed by atoms with Crippen molar-refractivity contribution < 1.29 is 14.3 Å². The third kappa shape index (κ3) is 4.46. The van der Waals surface area contributed by atoms with Crippen LogP contribution in [0.1, 0.15) is 18.1 Å². The number of ether oxygens (including phenoxy) is 1. The Morgan fingerprint density at radius 1 is 1.42 bits per heavy atom. The van der Waals surface area contributed by atoms with E-state index in [-0.39, 0.29) is 24.1 Å². The lowest BCUT2D eigenvalue weighted by Crippen LogP contribution is -2.23. The minimum Gasteiger partial charge on any atom is -0.480 e.